The zero-order chi connectivity index (χ0) is 12.9. The highest BCUT2D eigenvalue weighted by Crippen LogP contribution is 2.09. The lowest BCUT2D eigenvalue weighted by Crippen LogP contribution is -2.31. The molecule has 0 aliphatic heterocycles. The molecule has 0 bridgehead atoms. The second kappa shape index (κ2) is 5.95. The van der Waals surface area contributed by atoms with E-state index in [0.29, 0.717) is 0 Å². The molecule has 1 aromatic carbocycles. The van der Waals surface area contributed by atoms with E-state index in [9.17, 15) is 13.5 Å². The third-order valence-corrected chi connectivity index (χ3v) is 3.67. The van der Waals surface area contributed by atoms with Crippen molar-refractivity contribution in [2.24, 2.45) is 0 Å². The minimum Gasteiger partial charge on any atom is -0.388 e. The van der Waals surface area contributed by atoms with Crippen molar-refractivity contribution in [2.45, 2.75) is 24.8 Å². The van der Waals surface area contributed by atoms with Crippen LogP contribution in [0, 0.1) is 6.92 Å². The molecule has 17 heavy (non-hydrogen) atoms. The van der Waals surface area contributed by atoms with E-state index in [2.05, 4.69) is 4.72 Å². The molecule has 0 saturated heterocycles. The molecule has 0 spiro atoms. The van der Waals surface area contributed by atoms with E-state index in [0.717, 1.165) is 5.56 Å². The summed E-state index contributed by atoms with van der Waals surface area (Å²) in [6, 6.07) is 6.55. The quantitative estimate of drug-likeness (QED) is 0.777. The normalized spacial score (nSPS) is 14.1. The molecule has 94 valence electrons. The van der Waals surface area contributed by atoms with Crippen LogP contribution in [0.5, 0.6) is 0 Å². The number of hydrogen-bond donors (Lipinski definition) is 2. The highest BCUT2D eigenvalue weighted by atomic mass is 32.2. The molecular formula is C12H17NO3S. The standard InChI is InChI=1S/C12H17NO3S/c1-3-4-11(14)9-13-17(15,16)12-7-5-10(2)6-8-12/h3-8,11,13-14H,9H2,1-2H3/b4-3+/t11-/m1/s1. The number of rotatable bonds is 5. The molecule has 1 atom stereocenters. The van der Waals surface area contributed by atoms with E-state index in [1.165, 1.54) is 6.08 Å². The molecule has 0 heterocycles. The average Bonchev–Trinajstić information content (AvgIpc) is 2.28. The van der Waals surface area contributed by atoms with Gasteiger partial charge in [-0.25, -0.2) is 13.1 Å². The van der Waals surface area contributed by atoms with Crippen LogP contribution in [0.4, 0.5) is 0 Å². The fourth-order valence-corrected chi connectivity index (χ4v) is 2.34. The Morgan fingerprint density at radius 2 is 1.94 bits per heavy atom. The van der Waals surface area contributed by atoms with Crippen molar-refractivity contribution in [1.29, 1.82) is 0 Å². The monoisotopic (exact) mass is 255 g/mol. The van der Waals surface area contributed by atoms with Gasteiger partial charge in [0.1, 0.15) is 0 Å². The van der Waals surface area contributed by atoms with E-state index >= 15 is 0 Å². The Morgan fingerprint density at radius 1 is 1.35 bits per heavy atom. The molecule has 0 aliphatic carbocycles. The molecule has 4 nitrogen and oxygen atoms in total. The van der Waals surface area contributed by atoms with Gasteiger partial charge in [-0.15, -0.1) is 0 Å². The molecule has 0 fully saturated rings. The molecule has 0 aromatic heterocycles. The van der Waals surface area contributed by atoms with Gasteiger partial charge in [-0.05, 0) is 26.0 Å². The van der Waals surface area contributed by atoms with E-state index in [4.69, 9.17) is 0 Å². The molecule has 2 N–H and O–H groups in total. The number of hydrogen-bond acceptors (Lipinski definition) is 3. The summed E-state index contributed by atoms with van der Waals surface area (Å²) < 4.78 is 26.0. The summed E-state index contributed by atoms with van der Waals surface area (Å²) >= 11 is 0. The van der Waals surface area contributed by atoms with Crippen LogP contribution in [0.15, 0.2) is 41.3 Å². The Bertz CT molecular complexity index is 477. The van der Waals surface area contributed by atoms with Gasteiger partial charge in [-0.3, -0.25) is 0 Å². The third kappa shape index (κ3) is 4.30. The number of allylic oxidation sites excluding steroid dienone is 1. The number of aryl methyl sites for hydroxylation is 1. The minimum absolute atomic E-state index is 0.0272. The van der Waals surface area contributed by atoms with E-state index in [1.807, 2.05) is 6.92 Å². The second-order valence-electron chi connectivity index (χ2n) is 3.76. The lowest BCUT2D eigenvalue weighted by Gasteiger charge is -2.09. The van der Waals surface area contributed by atoms with Gasteiger partial charge in [0.15, 0.2) is 0 Å². The van der Waals surface area contributed by atoms with Gasteiger partial charge in [-0.1, -0.05) is 29.8 Å². The molecule has 0 amide bonds. The Kier molecular flexibility index (Phi) is 4.86. The number of nitrogens with one attached hydrogen (secondary N) is 1. The highest BCUT2D eigenvalue weighted by Gasteiger charge is 2.14. The zero-order valence-corrected chi connectivity index (χ0v) is 10.7. The van der Waals surface area contributed by atoms with Crippen LogP contribution in [-0.2, 0) is 10.0 Å². The largest absolute Gasteiger partial charge is 0.388 e. The number of aliphatic hydroxyl groups is 1. The number of aliphatic hydroxyl groups excluding tert-OH is 1. The predicted octanol–water partition coefficient (Wildman–Crippen LogP) is 1.21. The van der Waals surface area contributed by atoms with Crippen molar-refractivity contribution in [3.63, 3.8) is 0 Å². The molecule has 0 saturated carbocycles. The molecule has 0 aliphatic rings. The van der Waals surface area contributed by atoms with Crippen molar-refractivity contribution in [2.75, 3.05) is 6.54 Å². The van der Waals surface area contributed by atoms with E-state index in [-0.39, 0.29) is 11.4 Å². The van der Waals surface area contributed by atoms with Crippen LogP contribution in [0.1, 0.15) is 12.5 Å². The van der Waals surface area contributed by atoms with Gasteiger partial charge in [-0.2, -0.15) is 0 Å². The summed E-state index contributed by atoms with van der Waals surface area (Å²) in [5, 5.41) is 9.39. The molecular weight excluding hydrogens is 238 g/mol. The van der Waals surface area contributed by atoms with Crippen LogP contribution in [0.3, 0.4) is 0 Å². The van der Waals surface area contributed by atoms with E-state index in [1.54, 1.807) is 37.3 Å². The fraction of sp³-hybridized carbons (Fsp3) is 0.333. The van der Waals surface area contributed by atoms with Crippen LogP contribution in [0.2, 0.25) is 0 Å². The minimum atomic E-state index is -3.53. The maximum atomic E-state index is 11.8. The Labute approximate surface area is 102 Å². The SMILES string of the molecule is C/C=C/[C@@H](O)CNS(=O)(=O)c1ccc(C)cc1. The maximum Gasteiger partial charge on any atom is 0.240 e. The summed E-state index contributed by atoms with van der Waals surface area (Å²) in [6.45, 7) is 3.62. The van der Waals surface area contributed by atoms with Crippen molar-refractivity contribution in [1.82, 2.24) is 4.72 Å². The summed E-state index contributed by atoms with van der Waals surface area (Å²) in [5.74, 6) is 0. The van der Waals surface area contributed by atoms with Gasteiger partial charge in [0.2, 0.25) is 10.0 Å². The third-order valence-electron chi connectivity index (χ3n) is 2.23. The Balaban J connectivity index is 2.72. The smallest absolute Gasteiger partial charge is 0.240 e. The van der Waals surface area contributed by atoms with E-state index < -0.39 is 16.1 Å². The first-order valence-corrected chi connectivity index (χ1v) is 6.81. The number of sulfonamides is 1. The van der Waals surface area contributed by atoms with Crippen LogP contribution >= 0.6 is 0 Å². The first-order valence-electron chi connectivity index (χ1n) is 5.33. The number of benzene rings is 1. The fourth-order valence-electron chi connectivity index (χ4n) is 1.29. The molecule has 0 radical (unpaired) electrons. The van der Waals surface area contributed by atoms with Gasteiger partial charge >= 0.3 is 0 Å². The molecule has 1 rings (SSSR count). The zero-order valence-electron chi connectivity index (χ0n) is 9.92. The van der Waals surface area contributed by atoms with Crippen molar-refractivity contribution in [3.05, 3.63) is 42.0 Å². The summed E-state index contributed by atoms with van der Waals surface area (Å²) in [4.78, 5) is 0.204. The first kappa shape index (κ1) is 13.9. The summed E-state index contributed by atoms with van der Waals surface area (Å²) in [6.07, 6.45) is 2.39. The van der Waals surface area contributed by atoms with Crippen LogP contribution in [0.25, 0.3) is 0 Å². The Hall–Kier alpha value is -1.17. The van der Waals surface area contributed by atoms with Gasteiger partial charge in [0.05, 0.1) is 11.0 Å². The average molecular weight is 255 g/mol. The predicted molar refractivity (Wildman–Crippen MR) is 67.2 cm³/mol. The van der Waals surface area contributed by atoms with Crippen molar-refractivity contribution < 1.29 is 13.5 Å². The lowest BCUT2D eigenvalue weighted by molar-refractivity contribution is 0.226. The van der Waals surface area contributed by atoms with Crippen LogP contribution in [-0.4, -0.2) is 26.2 Å². The second-order valence-corrected chi connectivity index (χ2v) is 5.53. The van der Waals surface area contributed by atoms with Gasteiger partial charge in [0, 0.05) is 6.54 Å². The van der Waals surface area contributed by atoms with Crippen molar-refractivity contribution in [3.8, 4) is 0 Å². The summed E-state index contributed by atoms with van der Waals surface area (Å²) in [5.41, 5.74) is 0.998. The lowest BCUT2D eigenvalue weighted by atomic mass is 10.2. The molecule has 0 unspecified atom stereocenters. The van der Waals surface area contributed by atoms with Crippen molar-refractivity contribution >= 4 is 10.0 Å². The van der Waals surface area contributed by atoms with Gasteiger partial charge < -0.3 is 5.11 Å². The summed E-state index contributed by atoms with van der Waals surface area (Å²) in [7, 11) is -3.53. The van der Waals surface area contributed by atoms with Gasteiger partial charge in [0.25, 0.3) is 0 Å². The van der Waals surface area contributed by atoms with Crippen LogP contribution < -0.4 is 4.72 Å². The first-order chi connectivity index (χ1) is 7.95. The Morgan fingerprint density at radius 3 is 2.47 bits per heavy atom. The molecule has 5 heteroatoms. The maximum absolute atomic E-state index is 11.8. The topological polar surface area (TPSA) is 66.4 Å². The highest BCUT2D eigenvalue weighted by molar-refractivity contribution is 7.89. The molecule has 1 aromatic rings.